The van der Waals surface area contributed by atoms with Gasteiger partial charge in [-0.05, 0) is 143 Å². The number of oxazole rings is 1. The van der Waals surface area contributed by atoms with Gasteiger partial charge in [0, 0.05) is 11.8 Å². The lowest BCUT2D eigenvalue weighted by Gasteiger charge is -2.20. The molecule has 0 bridgehead atoms. The molecule has 0 saturated carbocycles. The Morgan fingerprint density at radius 3 is 2.09 bits per heavy atom. The smallest absolute Gasteiger partial charge is 0.228 e. The van der Waals surface area contributed by atoms with Gasteiger partial charge in [0.1, 0.15) is 0 Å². The molecule has 248 valence electrons. The summed E-state index contributed by atoms with van der Waals surface area (Å²) in [6.45, 7) is 0. The molecule has 0 spiro atoms. The fraction of sp³-hybridized carbons (Fsp3) is 0.0400. The highest BCUT2D eigenvalue weighted by Gasteiger charge is 2.19. The van der Waals surface area contributed by atoms with E-state index in [1.807, 2.05) is 12.1 Å². The highest BCUT2D eigenvalue weighted by Crippen LogP contribution is 2.45. The van der Waals surface area contributed by atoms with E-state index >= 15 is 0 Å². The minimum Gasteiger partial charge on any atom is -0.434 e. The number of nitrogens with zero attached hydrogens (tertiary/aromatic N) is 2. The first-order chi connectivity index (χ1) is 26.3. The van der Waals surface area contributed by atoms with Gasteiger partial charge >= 0.3 is 0 Å². The molecule has 1 aliphatic rings. The summed E-state index contributed by atoms with van der Waals surface area (Å²) < 4.78 is 6.12. The molecule has 3 nitrogen and oxygen atoms in total. The zero-order valence-electron chi connectivity index (χ0n) is 28.9. The molecular weight excluding hydrogens is 645 g/mol. The van der Waals surface area contributed by atoms with Gasteiger partial charge in [0.15, 0.2) is 11.2 Å². The molecule has 53 heavy (non-hydrogen) atoms. The predicted octanol–water partition coefficient (Wildman–Crippen LogP) is 13.5. The van der Waals surface area contributed by atoms with Crippen LogP contribution in [0.5, 0.6) is 0 Å². The van der Waals surface area contributed by atoms with Crippen LogP contribution in [-0.2, 0) is 6.42 Å². The Morgan fingerprint density at radius 1 is 0.472 bits per heavy atom. The van der Waals surface area contributed by atoms with Crippen molar-refractivity contribution in [2.24, 2.45) is 0 Å². The number of pyridine rings is 1. The lowest BCUT2D eigenvalue weighted by atomic mass is 9.83. The number of rotatable bonds is 4. The molecule has 0 aliphatic heterocycles. The van der Waals surface area contributed by atoms with Gasteiger partial charge in [-0.2, -0.15) is 4.98 Å². The molecule has 0 N–H and O–H groups in total. The summed E-state index contributed by atoms with van der Waals surface area (Å²) >= 11 is 0. The van der Waals surface area contributed by atoms with E-state index in [0.717, 1.165) is 29.5 Å². The fourth-order valence-corrected chi connectivity index (χ4v) is 8.54. The average molecular weight is 677 g/mol. The van der Waals surface area contributed by atoms with E-state index in [0.29, 0.717) is 17.1 Å². The van der Waals surface area contributed by atoms with E-state index in [9.17, 15) is 0 Å². The second-order valence-electron chi connectivity index (χ2n) is 14.0. The molecule has 3 heteroatoms. The molecule has 0 atom stereocenters. The van der Waals surface area contributed by atoms with Crippen molar-refractivity contribution in [2.45, 2.75) is 12.8 Å². The predicted molar refractivity (Wildman–Crippen MR) is 221 cm³/mol. The minimum absolute atomic E-state index is 0.571. The van der Waals surface area contributed by atoms with Crippen LogP contribution < -0.4 is 0 Å². The van der Waals surface area contributed by atoms with Gasteiger partial charge < -0.3 is 4.42 Å². The zero-order valence-corrected chi connectivity index (χ0v) is 28.9. The van der Waals surface area contributed by atoms with Crippen molar-refractivity contribution in [1.29, 1.82) is 0 Å². The first-order valence-corrected chi connectivity index (χ1v) is 18.3. The standard InChI is InChI=1S/C50H32N2O/c1-3-17-36-31(11-1)13-8-21-38(36)44-29-47-42-25-24-34(33-15-7-16-35(27-33)50-52-49-48(53-50)23-10-26-51-49)28-43(42)45(30-46(47)41-20-6-5-19-40(41)44)39-22-9-14-32-12-2-4-18-37(32)39/h1-2,4-16,18-30H,3,17H2. The Labute approximate surface area is 306 Å². The van der Waals surface area contributed by atoms with Gasteiger partial charge in [0.25, 0.3) is 0 Å². The Bertz CT molecular complexity index is 3090. The second-order valence-corrected chi connectivity index (χ2v) is 14.0. The fourth-order valence-electron chi connectivity index (χ4n) is 8.54. The number of hydrogen-bond donors (Lipinski definition) is 0. The summed E-state index contributed by atoms with van der Waals surface area (Å²) in [6, 6.07) is 55.3. The summed E-state index contributed by atoms with van der Waals surface area (Å²) in [7, 11) is 0. The molecule has 11 rings (SSSR count). The Kier molecular flexibility index (Phi) is 6.68. The van der Waals surface area contributed by atoms with Crippen molar-refractivity contribution in [3.05, 3.63) is 175 Å². The van der Waals surface area contributed by atoms with Crippen molar-refractivity contribution < 1.29 is 4.42 Å². The number of aromatic nitrogens is 2. The first kappa shape index (κ1) is 29.8. The quantitative estimate of drug-likeness (QED) is 0.174. The van der Waals surface area contributed by atoms with Crippen LogP contribution >= 0.6 is 0 Å². The van der Waals surface area contributed by atoms with Gasteiger partial charge in [-0.3, -0.25) is 0 Å². The van der Waals surface area contributed by atoms with Crippen LogP contribution in [0.25, 0.3) is 105 Å². The molecule has 10 aromatic rings. The Morgan fingerprint density at radius 2 is 1.19 bits per heavy atom. The van der Waals surface area contributed by atoms with Crippen LogP contribution in [0.1, 0.15) is 17.5 Å². The number of allylic oxidation sites excluding steroid dienone is 1. The topological polar surface area (TPSA) is 38.9 Å². The first-order valence-electron chi connectivity index (χ1n) is 18.3. The van der Waals surface area contributed by atoms with Crippen molar-refractivity contribution in [1.82, 2.24) is 9.97 Å². The molecule has 2 heterocycles. The lowest BCUT2D eigenvalue weighted by Crippen LogP contribution is -1.98. The normalized spacial score (nSPS) is 12.7. The van der Waals surface area contributed by atoms with Gasteiger partial charge in [0.2, 0.25) is 5.89 Å². The molecule has 0 radical (unpaired) electrons. The number of fused-ring (bicyclic) bond motifs is 8. The minimum atomic E-state index is 0.571. The summed E-state index contributed by atoms with van der Waals surface area (Å²) in [5, 5.41) is 10.0. The number of benzene rings is 8. The van der Waals surface area contributed by atoms with E-state index in [4.69, 9.17) is 4.42 Å². The van der Waals surface area contributed by atoms with Gasteiger partial charge in [0.05, 0.1) is 0 Å². The van der Waals surface area contributed by atoms with Crippen molar-refractivity contribution >= 4 is 60.4 Å². The molecule has 0 amide bonds. The molecule has 0 saturated heterocycles. The highest BCUT2D eigenvalue weighted by molar-refractivity contribution is 6.25. The monoisotopic (exact) mass is 676 g/mol. The highest BCUT2D eigenvalue weighted by atomic mass is 16.3. The molecule has 1 aliphatic carbocycles. The Balaban J connectivity index is 1.20. The maximum Gasteiger partial charge on any atom is 0.228 e. The van der Waals surface area contributed by atoms with Crippen LogP contribution in [0.4, 0.5) is 0 Å². The van der Waals surface area contributed by atoms with Gasteiger partial charge in [-0.1, -0.05) is 121 Å². The van der Waals surface area contributed by atoms with Crippen LogP contribution in [0, 0.1) is 0 Å². The third-order valence-corrected chi connectivity index (χ3v) is 11.0. The SMILES string of the molecule is C1=Cc2cccc(-c3cc4c5ccc(-c6cccc(-c7nc8ncccc8o7)c6)cc5c(-c5cccc6ccccc56)cc4c4ccccc34)c2CC1. The maximum atomic E-state index is 6.12. The van der Waals surface area contributed by atoms with Gasteiger partial charge in [-0.25, -0.2) is 4.98 Å². The molecule has 2 aromatic heterocycles. The van der Waals surface area contributed by atoms with E-state index in [2.05, 4.69) is 162 Å². The third kappa shape index (κ3) is 4.82. The largest absolute Gasteiger partial charge is 0.434 e. The lowest BCUT2D eigenvalue weighted by molar-refractivity contribution is 0.619. The second kappa shape index (κ2) is 11.9. The summed E-state index contributed by atoms with van der Waals surface area (Å²) in [5.41, 5.74) is 12.3. The summed E-state index contributed by atoms with van der Waals surface area (Å²) in [4.78, 5) is 9.07. The van der Waals surface area contributed by atoms with Gasteiger partial charge in [-0.15, -0.1) is 0 Å². The molecule has 0 fully saturated rings. The zero-order chi connectivity index (χ0) is 34.9. The van der Waals surface area contributed by atoms with E-state index < -0.39 is 0 Å². The summed E-state index contributed by atoms with van der Waals surface area (Å²) in [6.07, 6.45) is 8.45. The van der Waals surface area contributed by atoms with E-state index in [-0.39, 0.29) is 0 Å². The van der Waals surface area contributed by atoms with Crippen LogP contribution in [0.3, 0.4) is 0 Å². The Hall–Kier alpha value is -6.84. The van der Waals surface area contributed by atoms with Crippen LogP contribution in [0.15, 0.2) is 168 Å². The molecular formula is C50H32N2O. The molecule has 8 aromatic carbocycles. The van der Waals surface area contributed by atoms with Crippen molar-refractivity contribution in [2.75, 3.05) is 0 Å². The van der Waals surface area contributed by atoms with Crippen molar-refractivity contribution in [3.63, 3.8) is 0 Å². The number of hydrogen-bond acceptors (Lipinski definition) is 3. The van der Waals surface area contributed by atoms with E-state index in [1.165, 1.54) is 76.5 Å². The third-order valence-electron chi connectivity index (χ3n) is 11.0. The maximum absolute atomic E-state index is 6.12. The molecule has 0 unspecified atom stereocenters. The summed E-state index contributed by atoms with van der Waals surface area (Å²) in [5.74, 6) is 0.571. The van der Waals surface area contributed by atoms with Crippen molar-refractivity contribution in [3.8, 4) is 44.8 Å². The van der Waals surface area contributed by atoms with E-state index in [1.54, 1.807) is 6.20 Å². The van der Waals surface area contributed by atoms with Crippen LogP contribution in [0.2, 0.25) is 0 Å². The van der Waals surface area contributed by atoms with Crippen LogP contribution in [-0.4, -0.2) is 9.97 Å². The average Bonchev–Trinajstić information content (AvgIpc) is 3.67.